The number of likely N-dealkylation sites (N-methyl/N-ethyl adjacent to an activating group) is 1. The van der Waals surface area contributed by atoms with Crippen molar-refractivity contribution in [1.29, 1.82) is 0 Å². The van der Waals surface area contributed by atoms with Crippen molar-refractivity contribution in [1.82, 2.24) is 5.32 Å². The zero-order chi connectivity index (χ0) is 12.2. The molecule has 1 saturated heterocycles. The van der Waals surface area contributed by atoms with Crippen LogP contribution < -0.4 is 5.32 Å². The molecular weight excluding hydrogens is 198 g/mol. The Morgan fingerprint density at radius 3 is 2.44 bits per heavy atom. The van der Waals surface area contributed by atoms with Crippen LogP contribution in [0.2, 0.25) is 0 Å². The molecule has 2 heteroatoms. The molecule has 0 aromatic rings. The van der Waals surface area contributed by atoms with E-state index in [9.17, 15) is 0 Å². The smallest absolute Gasteiger partial charge is 0.0806 e. The molecule has 16 heavy (non-hydrogen) atoms. The Bertz CT molecular complexity index is 201. The van der Waals surface area contributed by atoms with Gasteiger partial charge < -0.3 is 10.1 Å². The summed E-state index contributed by atoms with van der Waals surface area (Å²) in [5, 5.41) is 3.46. The van der Waals surface area contributed by atoms with E-state index in [1.165, 1.54) is 32.1 Å². The van der Waals surface area contributed by atoms with Gasteiger partial charge in [0.05, 0.1) is 5.60 Å². The first-order valence-corrected chi connectivity index (χ1v) is 6.69. The Balaban J connectivity index is 2.52. The maximum Gasteiger partial charge on any atom is 0.0806 e. The van der Waals surface area contributed by atoms with Crippen LogP contribution in [0.25, 0.3) is 0 Å². The van der Waals surface area contributed by atoms with E-state index in [0.717, 1.165) is 6.61 Å². The summed E-state index contributed by atoms with van der Waals surface area (Å²) in [6.45, 7) is 10.1. The minimum atomic E-state index is 0.0538. The Hall–Kier alpha value is -0.0800. The van der Waals surface area contributed by atoms with Crippen LogP contribution in [0.3, 0.4) is 0 Å². The highest BCUT2D eigenvalue weighted by Gasteiger charge is 2.36. The summed E-state index contributed by atoms with van der Waals surface area (Å²) in [6.07, 6.45) is 6.19. The lowest BCUT2D eigenvalue weighted by Crippen LogP contribution is -2.51. The average Bonchev–Trinajstić information content (AvgIpc) is 2.17. The minimum absolute atomic E-state index is 0.0538. The van der Waals surface area contributed by atoms with Crippen LogP contribution in [0.15, 0.2) is 0 Å². The van der Waals surface area contributed by atoms with Gasteiger partial charge in [-0.3, -0.25) is 0 Å². The van der Waals surface area contributed by atoms with Gasteiger partial charge in [-0.05, 0) is 51.5 Å². The van der Waals surface area contributed by atoms with Crippen molar-refractivity contribution in [3.05, 3.63) is 0 Å². The van der Waals surface area contributed by atoms with Crippen molar-refractivity contribution in [2.75, 3.05) is 13.7 Å². The van der Waals surface area contributed by atoms with Gasteiger partial charge in [-0.1, -0.05) is 20.8 Å². The lowest BCUT2D eigenvalue weighted by atomic mass is 9.81. The van der Waals surface area contributed by atoms with Crippen molar-refractivity contribution in [3.63, 3.8) is 0 Å². The van der Waals surface area contributed by atoms with E-state index in [2.05, 4.69) is 40.1 Å². The van der Waals surface area contributed by atoms with Gasteiger partial charge in [0.1, 0.15) is 0 Å². The first-order chi connectivity index (χ1) is 7.37. The Morgan fingerprint density at radius 1 is 1.31 bits per heavy atom. The monoisotopic (exact) mass is 227 g/mol. The maximum absolute atomic E-state index is 6.02. The highest BCUT2D eigenvalue weighted by Crippen LogP contribution is 2.32. The molecule has 0 spiro atoms. The van der Waals surface area contributed by atoms with Crippen molar-refractivity contribution >= 4 is 0 Å². The third-order valence-electron chi connectivity index (χ3n) is 3.77. The molecular formula is C14H29NO. The zero-order valence-electron chi connectivity index (χ0n) is 11.7. The van der Waals surface area contributed by atoms with Crippen LogP contribution in [0.1, 0.15) is 59.8 Å². The first-order valence-electron chi connectivity index (χ1n) is 6.69. The van der Waals surface area contributed by atoms with Crippen LogP contribution in [-0.2, 0) is 4.74 Å². The third-order valence-corrected chi connectivity index (χ3v) is 3.77. The van der Waals surface area contributed by atoms with E-state index in [-0.39, 0.29) is 5.60 Å². The minimum Gasteiger partial charge on any atom is -0.374 e. The molecule has 96 valence electrons. The van der Waals surface area contributed by atoms with Gasteiger partial charge in [0.2, 0.25) is 0 Å². The molecule has 1 heterocycles. The fraction of sp³-hybridized carbons (Fsp3) is 1.00. The quantitative estimate of drug-likeness (QED) is 0.795. The molecule has 0 aromatic heterocycles. The molecule has 0 bridgehead atoms. The van der Waals surface area contributed by atoms with Crippen LogP contribution in [0, 0.1) is 5.41 Å². The maximum atomic E-state index is 6.02. The van der Waals surface area contributed by atoms with E-state index in [0.29, 0.717) is 11.5 Å². The van der Waals surface area contributed by atoms with Crippen LogP contribution in [-0.4, -0.2) is 25.3 Å². The molecule has 1 rings (SSSR count). The second-order valence-corrected chi connectivity index (χ2v) is 6.56. The number of nitrogens with one attached hydrogen (secondary N) is 1. The second-order valence-electron chi connectivity index (χ2n) is 6.56. The lowest BCUT2D eigenvalue weighted by Gasteiger charge is -2.41. The van der Waals surface area contributed by atoms with Gasteiger partial charge >= 0.3 is 0 Å². The highest BCUT2D eigenvalue weighted by molar-refractivity contribution is 4.91. The molecule has 0 amide bonds. The van der Waals surface area contributed by atoms with Gasteiger partial charge in [0.15, 0.2) is 0 Å². The average molecular weight is 227 g/mol. The number of hydrogen-bond acceptors (Lipinski definition) is 2. The molecule has 0 saturated carbocycles. The van der Waals surface area contributed by atoms with E-state index in [1.807, 2.05) is 0 Å². The van der Waals surface area contributed by atoms with E-state index < -0.39 is 0 Å². The summed E-state index contributed by atoms with van der Waals surface area (Å²) < 4.78 is 6.02. The summed E-state index contributed by atoms with van der Waals surface area (Å²) >= 11 is 0. The Labute approximate surface area is 101 Å². The SMILES string of the molecule is CNC(CCC(C)(C)C)C1(C)CCCCO1. The topological polar surface area (TPSA) is 21.3 Å². The zero-order valence-corrected chi connectivity index (χ0v) is 11.7. The fourth-order valence-corrected chi connectivity index (χ4v) is 2.56. The van der Waals surface area contributed by atoms with Crippen LogP contribution >= 0.6 is 0 Å². The molecule has 1 aliphatic heterocycles. The molecule has 2 unspecified atom stereocenters. The molecule has 0 aromatic carbocycles. The Kier molecular flexibility index (Phi) is 4.81. The molecule has 2 atom stereocenters. The Morgan fingerprint density at radius 2 is 2.00 bits per heavy atom. The van der Waals surface area contributed by atoms with Gasteiger partial charge in [0, 0.05) is 12.6 Å². The second kappa shape index (κ2) is 5.50. The van der Waals surface area contributed by atoms with Gasteiger partial charge in [-0.25, -0.2) is 0 Å². The predicted molar refractivity (Wildman–Crippen MR) is 69.7 cm³/mol. The molecule has 0 radical (unpaired) electrons. The van der Waals surface area contributed by atoms with E-state index in [1.54, 1.807) is 0 Å². The van der Waals surface area contributed by atoms with Crippen molar-refractivity contribution < 1.29 is 4.74 Å². The van der Waals surface area contributed by atoms with E-state index >= 15 is 0 Å². The summed E-state index contributed by atoms with van der Waals surface area (Å²) in [5.74, 6) is 0. The standard InChI is InChI=1S/C14H29NO/c1-13(2,3)10-8-12(15-5)14(4)9-6-7-11-16-14/h12,15H,6-11H2,1-5H3. The molecule has 1 aliphatic rings. The molecule has 1 N–H and O–H groups in total. The van der Waals surface area contributed by atoms with Crippen molar-refractivity contribution in [2.45, 2.75) is 71.4 Å². The van der Waals surface area contributed by atoms with Gasteiger partial charge in [-0.15, -0.1) is 0 Å². The highest BCUT2D eigenvalue weighted by atomic mass is 16.5. The summed E-state index contributed by atoms with van der Waals surface area (Å²) in [7, 11) is 2.07. The predicted octanol–water partition coefficient (Wildman–Crippen LogP) is 3.36. The van der Waals surface area contributed by atoms with E-state index in [4.69, 9.17) is 4.74 Å². The molecule has 1 fully saturated rings. The summed E-state index contributed by atoms with van der Waals surface area (Å²) in [6, 6.07) is 0.493. The fourth-order valence-electron chi connectivity index (χ4n) is 2.56. The molecule has 2 nitrogen and oxygen atoms in total. The first kappa shape index (κ1) is 14.0. The number of hydrogen-bond donors (Lipinski definition) is 1. The summed E-state index contributed by atoms with van der Waals surface area (Å²) in [5.41, 5.74) is 0.471. The lowest BCUT2D eigenvalue weighted by molar-refractivity contribution is -0.0900. The number of rotatable bonds is 4. The number of ether oxygens (including phenoxy) is 1. The van der Waals surface area contributed by atoms with Crippen LogP contribution in [0.5, 0.6) is 0 Å². The van der Waals surface area contributed by atoms with Gasteiger partial charge in [-0.2, -0.15) is 0 Å². The van der Waals surface area contributed by atoms with Gasteiger partial charge in [0.25, 0.3) is 0 Å². The van der Waals surface area contributed by atoms with Crippen LogP contribution in [0.4, 0.5) is 0 Å². The van der Waals surface area contributed by atoms with Crippen molar-refractivity contribution in [2.24, 2.45) is 5.41 Å². The molecule has 0 aliphatic carbocycles. The third kappa shape index (κ3) is 4.06. The normalized spacial score (nSPS) is 29.1. The van der Waals surface area contributed by atoms with Crippen molar-refractivity contribution in [3.8, 4) is 0 Å². The largest absolute Gasteiger partial charge is 0.374 e. The summed E-state index contributed by atoms with van der Waals surface area (Å²) in [4.78, 5) is 0.